The van der Waals surface area contributed by atoms with Crippen LogP contribution in [0.5, 0.6) is 0 Å². The zero-order valence-electron chi connectivity index (χ0n) is 7.65. The maximum Gasteiger partial charge on any atom is 0.114 e. The molecule has 1 heterocycles. The van der Waals surface area contributed by atoms with Crippen LogP contribution in [0.15, 0.2) is 0 Å². The summed E-state index contributed by atoms with van der Waals surface area (Å²) in [6.45, 7) is -0.415. The average Bonchev–Trinajstić information content (AvgIpc) is 2.20. The van der Waals surface area contributed by atoms with E-state index in [1.807, 2.05) is 0 Å². The van der Waals surface area contributed by atoms with Gasteiger partial charge in [-0.1, -0.05) is 0 Å². The molecule has 1 rings (SSSR count). The molecule has 5 atom stereocenters. The molecule has 0 spiro atoms. The summed E-state index contributed by atoms with van der Waals surface area (Å²) in [6.07, 6.45) is -5.74. The molecule has 0 radical (unpaired) electrons. The summed E-state index contributed by atoms with van der Waals surface area (Å²) in [6, 6.07) is 0. The van der Waals surface area contributed by atoms with Crippen molar-refractivity contribution in [2.75, 3.05) is 13.2 Å². The second-order valence-electron chi connectivity index (χ2n) is 3.42. The van der Waals surface area contributed by atoms with Crippen LogP contribution < -0.4 is 0 Å². The van der Waals surface area contributed by atoms with Crippen LogP contribution in [0.25, 0.3) is 0 Å². The van der Waals surface area contributed by atoms with Crippen molar-refractivity contribution in [2.45, 2.75) is 36.9 Å². The number of aliphatic hydroxyl groups is 5. The van der Waals surface area contributed by atoms with Gasteiger partial charge in [-0.25, -0.2) is 0 Å². The average molecular weight is 208 g/mol. The Morgan fingerprint density at radius 3 is 2.50 bits per heavy atom. The van der Waals surface area contributed by atoms with Crippen molar-refractivity contribution >= 4 is 0 Å². The predicted molar refractivity (Wildman–Crippen MR) is 45.5 cm³/mol. The van der Waals surface area contributed by atoms with Crippen molar-refractivity contribution in [1.29, 1.82) is 0 Å². The predicted octanol–water partition coefficient (Wildman–Crippen LogP) is -2.79. The topological polar surface area (TPSA) is 110 Å². The van der Waals surface area contributed by atoms with E-state index < -0.39 is 37.1 Å². The van der Waals surface area contributed by atoms with Crippen LogP contribution in [0.1, 0.15) is 6.42 Å². The molecule has 5 N–H and O–H groups in total. The van der Waals surface area contributed by atoms with Gasteiger partial charge in [-0.05, 0) is 6.42 Å². The standard InChI is InChI=1S/C8H16O6/c9-3-5(11)7(13)8-6(12)4(10)1-2-14-8/h4-13H,1-3H2/t4-,5+,6+,7+,8+/m0/s1. The monoisotopic (exact) mass is 208 g/mol. The van der Waals surface area contributed by atoms with Crippen LogP contribution in [0, 0.1) is 0 Å². The Kier molecular flexibility index (Phi) is 4.24. The summed E-state index contributed by atoms with van der Waals surface area (Å²) in [4.78, 5) is 0. The molecule has 0 unspecified atom stereocenters. The van der Waals surface area contributed by atoms with Gasteiger partial charge in [-0.2, -0.15) is 0 Å². The molecule has 0 aliphatic carbocycles. The summed E-state index contributed by atoms with van der Waals surface area (Å²) < 4.78 is 5.01. The van der Waals surface area contributed by atoms with Gasteiger partial charge in [0.15, 0.2) is 0 Å². The van der Waals surface area contributed by atoms with E-state index >= 15 is 0 Å². The van der Waals surface area contributed by atoms with Gasteiger partial charge in [-0.3, -0.25) is 0 Å². The lowest BCUT2D eigenvalue weighted by atomic mass is 9.95. The third-order valence-electron chi connectivity index (χ3n) is 2.37. The third-order valence-corrected chi connectivity index (χ3v) is 2.37. The van der Waals surface area contributed by atoms with Gasteiger partial charge in [0.25, 0.3) is 0 Å². The fraction of sp³-hybridized carbons (Fsp3) is 1.00. The first-order chi connectivity index (χ1) is 6.57. The lowest BCUT2D eigenvalue weighted by Crippen LogP contribution is -2.54. The van der Waals surface area contributed by atoms with Crippen LogP contribution in [-0.4, -0.2) is 69.3 Å². The highest BCUT2D eigenvalue weighted by Gasteiger charge is 2.38. The Morgan fingerprint density at radius 2 is 1.93 bits per heavy atom. The van der Waals surface area contributed by atoms with Gasteiger partial charge in [0, 0.05) is 6.61 Å². The van der Waals surface area contributed by atoms with Gasteiger partial charge in [0.2, 0.25) is 0 Å². The van der Waals surface area contributed by atoms with Crippen molar-refractivity contribution in [3.05, 3.63) is 0 Å². The molecule has 0 aromatic heterocycles. The van der Waals surface area contributed by atoms with E-state index in [-0.39, 0.29) is 6.61 Å². The van der Waals surface area contributed by atoms with Crippen LogP contribution >= 0.6 is 0 Å². The van der Waals surface area contributed by atoms with Crippen molar-refractivity contribution < 1.29 is 30.3 Å². The van der Waals surface area contributed by atoms with E-state index in [1.54, 1.807) is 0 Å². The third kappa shape index (κ3) is 2.41. The minimum atomic E-state index is -1.40. The highest BCUT2D eigenvalue weighted by molar-refractivity contribution is 4.88. The number of aliphatic hydroxyl groups excluding tert-OH is 5. The fourth-order valence-electron chi connectivity index (χ4n) is 1.44. The smallest absolute Gasteiger partial charge is 0.114 e. The van der Waals surface area contributed by atoms with Crippen LogP contribution in [-0.2, 0) is 4.74 Å². The molecular formula is C8H16O6. The van der Waals surface area contributed by atoms with Crippen molar-refractivity contribution in [3.63, 3.8) is 0 Å². The normalized spacial score (nSPS) is 37.9. The maximum absolute atomic E-state index is 9.42. The number of hydrogen-bond donors (Lipinski definition) is 5. The zero-order chi connectivity index (χ0) is 10.7. The van der Waals surface area contributed by atoms with Crippen molar-refractivity contribution in [3.8, 4) is 0 Å². The summed E-state index contributed by atoms with van der Waals surface area (Å²) >= 11 is 0. The summed E-state index contributed by atoms with van der Waals surface area (Å²) in [5.74, 6) is 0. The van der Waals surface area contributed by atoms with E-state index in [0.29, 0.717) is 6.42 Å². The van der Waals surface area contributed by atoms with Crippen LogP contribution in [0.3, 0.4) is 0 Å². The maximum atomic E-state index is 9.42. The minimum absolute atomic E-state index is 0.206. The molecule has 6 nitrogen and oxygen atoms in total. The second kappa shape index (κ2) is 5.01. The Hall–Kier alpha value is -0.240. The van der Waals surface area contributed by atoms with Gasteiger partial charge in [0.1, 0.15) is 24.4 Å². The second-order valence-corrected chi connectivity index (χ2v) is 3.42. The molecule has 1 aliphatic heterocycles. The fourth-order valence-corrected chi connectivity index (χ4v) is 1.44. The molecule has 1 fully saturated rings. The highest BCUT2D eigenvalue weighted by Crippen LogP contribution is 2.19. The molecule has 1 aliphatic rings. The zero-order valence-corrected chi connectivity index (χ0v) is 7.65. The van der Waals surface area contributed by atoms with Crippen molar-refractivity contribution in [2.24, 2.45) is 0 Å². The largest absolute Gasteiger partial charge is 0.394 e. The Morgan fingerprint density at radius 1 is 1.29 bits per heavy atom. The van der Waals surface area contributed by atoms with Crippen LogP contribution in [0.4, 0.5) is 0 Å². The Labute approximate surface area is 81.4 Å². The molecule has 0 amide bonds. The SMILES string of the molecule is OC[C@@H](O)[C@@H](O)[C@@H]1OCC[C@H](O)[C@H]1O. The summed E-state index contributed by atoms with van der Waals surface area (Å²) in [7, 11) is 0. The Bertz CT molecular complexity index is 175. The van der Waals surface area contributed by atoms with E-state index in [0.717, 1.165) is 0 Å². The van der Waals surface area contributed by atoms with E-state index in [9.17, 15) is 15.3 Å². The molecule has 84 valence electrons. The molecular weight excluding hydrogens is 192 g/mol. The van der Waals surface area contributed by atoms with Crippen molar-refractivity contribution in [1.82, 2.24) is 0 Å². The first kappa shape index (κ1) is 11.8. The summed E-state index contributed by atoms with van der Waals surface area (Å²) in [5.41, 5.74) is 0. The van der Waals surface area contributed by atoms with E-state index in [1.165, 1.54) is 0 Å². The number of hydrogen-bond acceptors (Lipinski definition) is 6. The molecule has 0 saturated carbocycles. The first-order valence-corrected chi connectivity index (χ1v) is 4.52. The molecule has 6 heteroatoms. The lowest BCUT2D eigenvalue weighted by molar-refractivity contribution is -0.191. The van der Waals surface area contributed by atoms with Gasteiger partial charge < -0.3 is 30.3 Å². The Balaban J connectivity index is 2.57. The van der Waals surface area contributed by atoms with Crippen LogP contribution in [0.2, 0.25) is 0 Å². The first-order valence-electron chi connectivity index (χ1n) is 4.52. The quantitative estimate of drug-likeness (QED) is 0.343. The van der Waals surface area contributed by atoms with E-state index in [4.69, 9.17) is 14.9 Å². The minimum Gasteiger partial charge on any atom is -0.394 e. The molecule has 1 saturated heterocycles. The number of ether oxygens (including phenoxy) is 1. The van der Waals surface area contributed by atoms with Gasteiger partial charge >= 0.3 is 0 Å². The molecule has 0 bridgehead atoms. The molecule has 0 aromatic rings. The van der Waals surface area contributed by atoms with E-state index in [2.05, 4.69) is 0 Å². The highest BCUT2D eigenvalue weighted by atomic mass is 16.5. The van der Waals surface area contributed by atoms with Gasteiger partial charge in [-0.15, -0.1) is 0 Å². The molecule has 0 aromatic carbocycles. The lowest BCUT2D eigenvalue weighted by Gasteiger charge is -2.36. The number of rotatable bonds is 3. The molecule has 14 heavy (non-hydrogen) atoms. The summed E-state index contributed by atoms with van der Waals surface area (Å²) in [5, 5.41) is 45.8. The van der Waals surface area contributed by atoms with Gasteiger partial charge in [0.05, 0.1) is 12.7 Å².